The lowest BCUT2D eigenvalue weighted by molar-refractivity contribution is 0.110. The maximum Gasteiger partial charge on any atom is 0.0331 e. The van der Waals surface area contributed by atoms with Crippen LogP contribution in [0.3, 0.4) is 0 Å². The molecule has 3 rings (SSSR count). The molecule has 0 aromatic carbocycles. The molecule has 0 spiro atoms. The van der Waals surface area contributed by atoms with Crippen LogP contribution in [-0.4, -0.2) is 23.7 Å². The van der Waals surface area contributed by atoms with Gasteiger partial charge in [0.15, 0.2) is 0 Å². The molecule has 1 unspecified atom stereocenters. The van der Waals surface area contributed by atoms with E-state index in [1.807, 2.05) is 11.3 Å². The van der Waals surface area contributed by atoms with Crippen LogP contribution in [0.2, 0.25) is 0 Å². The average molecular weight is 310 g/mol. The predicted octanol–water partition coefficient (Wildman–Crippen LogP) is 4.94. The molecular weight excluding hydrogens is 282 g/mol. The molecule has 1 fully saturated rings. The molecule has 0 N–H and O–H groups in total. The molecule has 2 heterocycles. The fourth-order valence-corrected chi connectivity index (χ4v) is 5.43. The molecule has 1 aliphatic carbocycles. The van der Waals surface area contributed by atoms with Crippen LogP contribution >= 0.6 is 24.0 Å². The lowest BCUT2D eigenvalue weighted by Gasteiger charge is -2.42. The minimum absolute atomic E-state index is 0.474. The van der Waals surface area contributed by atoms with Gasteiger partial charge in [-0.25, -0.2) is 0 Å². The number of thiophene rings is 1. The third-order valence-electron chi connectivity index (χ3n) is 5.44. The van der Waals surface area contributed by atoms with Crippen molar-refractivity contribution >= 4 is 24.0 Å². The summed E-state index contributed by atoms with van der Waals surface area (Å²) in [5.41, 5.74) is 2.06. The molecule has 20 heavy (non-hydrogen) atoms. The Bertz CT molecular complexity index is 432. The summed E-state index contributed by atoms with van der Waals surface area (Å²) in [6, 6.07) is 2.95. The van der Waals surface area contributed by atoms with Crippen molar-refractivity contribution in [3.05, 3.63) is 21.9 Å². The van der Waals surface area contributed by atoms with Gasteiger partial charge in [0.1, 0.15) is 0 Å². The fraction of sp³-hybridized carbons (Fsp3) is 0.765. The molecule has 0 radical (unpaired) electrons. The minimum Gasteiger partial charge on any atom is -0.296 e. The highest BCUT2D eigenvalue weighted by atomic mass is 32.1. The highest BCUT2D eigenvalue weighted by molar-refractivity contribution is 7.80. The number of thiol groups is 1. The maximum absolute atomic E-state index is 4.74. The van der Waals surface area contributed by atoms with Gasteiger partial charge in [-0.1, -0.05) is 25.7 Å². The van der Waals surface area contributed by atoms with Crippen molar-refractivity contribution in [1.29, 1.82) is 0 Å². The number of hydrogen-bond acceptors (Lipinski definition) is 3. The van der Waals surface area contributed by atoms with Crippen molar-refractivity contribution in [3.8, 4) is 0 Å². The normalized spacial score (nSPS) is 27.0. The topological polar surface area (TPSA) is 3.24 Å². The van der Waals surface area contributed by atoms with Crippen molar-refractivity contribution in [2.24, 2.45) is 5.41 Å². The van der Waals surface area contributed by atoms with Gasteiger partial charge in [-0.15, -0.1) is 11.3 Å². The maximum atomic E-state index is 4.74. The van der Waals surface area contributed by atoms with Gasteiger partial charge in [-0.3, -0.25) is 4.90 Å². The zero-order valence-corrected chi connectivity index (χ0v) is 14.3. The largest absolute Gasteiger partial charge is 0.296 e. The summed E-state index contributed by atoms with van der Waals surface area (Å²) in [5.74, 6) is 1.06. The molecule has 3 heteroatoms. The summed E-state index contributed by atoms with van der Waals surface area (Å²) in [7, 11) is 0. The highest BCUT2D eigenvalue weighted by Crippen LogP contribution is 2.40. The second-order valence-electron chi connectivity index (χ2n) is 6.77. The van der Waals surface area contributed by atoms with E-state index in [1.165, 1.54) is 58.0 Å². The predicted molar refractivity (Wildman–Crippen MR) is 92.0 cm³/mol. The van der Waals surface area contributed by atoms with Crippen molar-refractivity contribution in [3.63, 3.8) is 0 Å². The molecule has 1 aromatic rings. The molecule has 0 amide bonds. The van der Waals surface area contributed by atoms with E-state index in [1.54, 1.807) is 10.4 Å². The molecule has 2 aliphatic rings. The van der Waals surface area contributed by atoms with Crippen LogP contribution in [0.1, 0.15) is 61.9 Å². The van der Waals surface area contributed by atoms with Gasteiger partial charge >= 0.3 is 0 Å². The smallest absolute Gasteiger partial charge is 0.0331 e. The van der Waals surface area contributed by atoms with Gasteiger partial charge < -0.3 is 0 Å². The van der Waals surface area contributed by atoms with E-state index in [4.69, 9.17) is 12.6 Å². The number of hydrogen-bond donors (Lipinski definition) is 1. The zero-order chi connectivity index (χ0) is 14.0. The van der Waals surface area contributed by atoms with E-state index in [2.05, 4.69) is 23.3 Å². The summed E-state index contributed by atoms with van der Waals surface area (Å²) in [6.45, 7) is 4.89. The lowest BCUT2D eigenvalue weighted by Crippen LogP contribution is -2.43. The summed E-state index contributed by atoms with van der Waals surface area (Å²) >= 11 is 6.69. The van der Waals surface area contributed by atoms with Crippen LogP contribution in [-0.2, 0) is 6.42 Å². The van der Waals surface area contributed by atoms with Crippen molar-refractivity contribution in [1.82, 2.24) is 4.90 Å². The van der Waals surface area contributed by atoms with Crippen molar-refractivity contribution in [2.75, 3.05) is 18.8 Å². The first-order chi connectivity index (χ1) is 9.74. The van der Waals surface area contributed by atoms with E-state index in [0.717, 1.165) is 5.75 Å². The Morgan fingerprint density at radius 2 is 2.05 bits per heavy atom. The Morgan fingerprint density at radius 3 is 2.75 bits per heavy atom. The standard InChI is InChI=1S/C17H27NS2/c1-14-15-7-11-20-16(15)6-10-18(14)12-17(13-19)8-4-2-3-5-9-17/h7,11,14,19H,2-6,8-10,12-13H2,1H3. The molecule has 1 nitrogen and oxygen atoms in total. The summed E-state index contributed by atoms with van der Waals surface area (Å²) < 4.78 is 0. The second kappa shape index (κ2) is 6.41. The molecule has 112 valence electrons. The molecule has 1 aliphatic heterocycles. The number of nitrogens with zero attached hydrogens (tertiary/aromatic N) is 1. The number of fused-ring (bicyclic) bond motifs is 1. The lowest BCUT2D eigenvalue weighted by atomic mass is 9.80. The van der Waals surface area contributed by atoms with Crippen LogP contribution in [0.5, 0.6) is 0 Å². The quantitative estimate of drug-likeness (QED) is 0.611. The minimum atomic E-state index is 0.474. The van der Waals surface area contributed by atoms with Gasteiger partial charge in [-0.05, 0) is 54.4 Å². The van der Waals surface area contributed by atoms with E-state index < -0.39 is 0 Å². The summed E-state index contributed by atoms with van der Waals surface area (Å²) in [5, 5.41) is 2.27. The van der Waals surface area contributed by atoms with Gasteiger partial charge in [-0.2, -0.15) is 12.6 Å². The second-order valence-corrected chi connectivity index (χ2v) is 8.08. The molecule has 0 saturated heterocycles. The monoisotopic (exact) mass is 309 g/mol. The molecule has 1 saturated carbocycles. The first-order valence-electron chi connectivity index (χ1n) is 8.15. The average Bonchev–Trinajstić information content (AvgIpc) is 2.83. The number of rotatable bonds is 3. The van der Waals surface area contributed by atoms with Crippen LogP contribution in [0.25, 0.3) is 0 Å². The molecule has 1 aromatic heterocycles. The SMILES string of the molecule is CC1c2ccsc2CCN1CC1(CS)CCCCCC1. The van der Waals surface area contributed by atoms with Crippen LogP contribution in [0, 0.1) is 5.41 Å². The first-order valence-corrected chi connectivity index (χ1v) is 9.66. The summed E-state index contributed by atoms with van der Waals surface area (Å²) in [4.78, 5) is 4.35. The third kappa shape index (κ3) is 2.95. The Labute approximate surface area is 133 Å². The van der Waals surface area contributed by atoms with Gasteiger partial charge in [0.2, 0.25) is 0 Å². The Hall–Kier alpha value is 0.01000. The fourth-order valence-electron chi connectivity index (χ4n) is 4.05. The van der Waals surface area contributed by atoms with Gasteiger partial charge in [0.05, 0.1) is 0 Å². The Balaban J connectivity index is 1.73. The van der Waals surface area contributed by atoms with Crippen LogP contribution < -0.4 is 0 Å². The van der Waals surface area contributed by atoms with Crippen molar-refractivity contribution < 1.29 is 0 Å². The van der Waals surface area contributed by atoms with Crippen LogP contribution in [0.15, 0.2) is 11.4 Å². The third-order valence-corrected chi connectivity index (χ3v) is 7.11. The summed E-state index contributed by atoms with van der Waals surface area (Å²) in [6.07, 6.45) is 9.70. The highest BCUT2D eigenvalue weighted by Gasteiger charge is 2.35. The van der Waals surface area contributed by atoms with E-state index >= 15 is 0 Å². The molecule has 0 bridgehead atoms. The van der Waals surface area contributed by atoms with Gasteiger partial charge in [0, 0.05) is 24.0 Å². The van der Waals surface area contributed by atoms with E-state index in [-0.39, 0.29) is 0 Å². The Morgan fingerprint density at radius 1 is 1.30 bits per heavy atom. The van der Waals surface area contributed by atoms with Gasteiger partial charge in [0.25, 0.3) is 0 Å². The zero-order valence-electron chi connectivity index (χ0n) is 12.6. The van der Waals surface area contributed by atoms with Crippen LogP contribution in [0.4, 0.5) is 0 Å². The molecular formula is C17H27NS2. The van der Waals surface area contributed by atoms with E-state index in [0.29, 0.717) is 11.5 Å². The van der Waals surface area contributed by atoms with Crippen molar-refractivity contribution in [2.45, 2.75) is 57.9 Å². The first kappa shape index (κ1) is 14.9. The van der Waals surface area contributed by atoms with E-state index in [9.17, 15) is 0 Å². The molecule has 1 atom stereocenters. The Kier molecular flexibility index (Phi) is 4.79.